The summed E-state index contributed by atoms with van der Waals surface area (Å²) in [6, 6.07) is 0. The van der Waals surface area contributed by atoms with Crippen molar-refractivity contribution in [3.05, 3.63) is 11.4 Å². The number of aromatic nitrogens is 2. The molecule has 1 fully saturated rings. The minimum absolute atomic E-state index is 0.129. The molecule has 1 aliphatic rings. The Kier molecular flexibility index (Phi) is 3.36. The first-order valence-corrected chi connectivity index (χ1v) is 6.10. The molecule has 6 heteroatoms. The summed E-state index contributed by atoms with van der Waals surface area (Å²) in [6.45, 7) is 8.42. The summed E-state index contributed by atoms with van der Waals surface area (Å²) in [5.74, 6) is 2.24. The maximum atomic E-state index is 11.3. The van der Waals surface area contributed by atoms with Crippen LogP contribution in [0.3, 0.4) is 0 Å². The molecule has 0 radical (unpaired) electrons. The van der Waals surface area contributed by atoms with E-state index in [0.717, 1.165) is 37.6 Å². The molecule has 1 aromatic heterocycles. The zero-order valence-electron chi connectivity index (χ0n) is 11.1. The van der Waals surface area contributed by atoms with Crippen LogP contribution in [0.25, 0.3) is 0 Å². The van der Waals surface area contributed by atoms with Crippen LogP contribution >= 0.6 is 0 Å². The SMILES string of the molecule is CC(=O)N1CCN(c2nc(C)nc(N)c2C)CC1. The molecule has 0 aliphatic carbocycles. The molecule has 2 rings (SSSR count). The quantitative estimate of drug-likeness (QED) is 0.777. The Balaban J connectivity index is 2.17. The highest BCUT2D eigenvalue weighted by Crippen LogP contribution is 2.22. The first-order valence-electron chi connectivity index (χ1n) is 6.10. The first-order chi connectivity index (χ1) is 8.49. The van der Waals surface area contributed by atoms with E-state index in [1.807, 2.05) is 18.7 Å². The Morgan fingerprint density at radius 2 is 1.78 bits per heavy atom. The zero-order valence-corrected chi connectivity index (χ0v) is 11.1. The number of nitrogens with zero attached hydrogens (tertiary/aromatic N) is 4. The number of hydrogen-bond acceptors (Lipinski definition) is 5. The van der Waals surface area contributed by atoms with E-state index in [-0.39, 0.29) is 5.91 Å². The summed E-state index contributed by atoms with van der Waals surface area (Å²) in [5.41, 5.74) is 6.78. The lowest BCUT2D eigenvalue weighted by Gasteiger charge is -2.35. The fraction of sp³-hybridized carbons (Fsp3) is 0.583. The highest BCUT2D eigenvalue weighted by molar-refractivity contribution is 5.73. The Labute approximate surface area is 107 Å². The van der Waals surface area contributed by atoms with Crippen LogP contribution in [-0.4, -0.2) is 47.0 Å². The number of carbonyl (C=O) groups excluding carboxylic acids is 1. The largest absolute Gasteiger partial charge is 0.383 e. The van der Waals surface area contributed by atoms with Gasteiger partial charge < -0.3 is 15.5 Å². The minimum atomic E-state index is 0.129. The van der Waals surface area contributed by atoms with Gasteiger partial charge in [-0.3, -0.25) is 4.79 Å². The highest BCUT2D eigenvalue weighted by Gasteiger charge is 2.21. The zero-order chi connectivity index (χ0) is 13.3. The predicted molar refractivity (Wildman–Crippen MR) is 70.4 cm³/mol. The van der Waals surface area contributed by atoms with Crippen LogP contribution in [0.5, 0.6) is 0 Å². The number of nitrogen functional groups attached to an aromatic ring is 1. The molecule has 0 unspecified atom stereocenters. The number of amides is 1. The molecular weight excluding hydrogens is 230 g/mol. The van der Waals surface area contributed by atoms with Crippen LogP contribution in [-0.2, 0) is 4.79 Å². The number of rotatable bonds is 1. The first kappa shape index (κ1) is 12.6. The summed E-state index contributed by atoms with van der Waals surface area (Å²) in [7, 11) is 0. The number of nitrogens with two attached hydrogens (primary N) is 1. The molecule has 1 saturated heterocycles. The smallest absolute Gasteiger partial charge is 0.219 e. The average molecular weight is 249 g/mol. The third kappa shape index (κ3) is 2.37. The molecule has 98 valence electrons. The summed E-state index contributed by atoms with van der Waals surface area (Å²) in [4.78, 5) is 23.9. The number of piperazine rings is 1. The molecule has 0 spiro atoms. The van der Waals surface area contributed by atoms with Crippen molar-refractivity contribution in [2.45, 2.75) is 20.8 Å². The van der Waals surface area contributed by atoms with E-state index in [1.165, 1.54) is 0 Å². The van der Waals surface area contributed by atoms with Crippen LogP contribution in [0.2, 0.25) is 0 Å². The van der Waals surface area contributed by atoms with Gasteiger partial charge in [-0.2, -0.15) is 0 Å². The average Bonchev–Trinajstić information content (AvgIpc) is 2.34. The molecule has 0 bridgehead atoms. The van der Waals surface area contributed by atoms with Gasteiger partial charge in [0.2, 0.25) is 5.91 Å². The topological polar surface area (TPSA) is 75.4 Å². The van der Waals surface area contributed by atoms with Gasteiger partial charge >= 0.3 is 0 Å². The second kappa shape index (κ2) is 4.80. The van der Waals surface area contributed by atoms with Gasteiger partial charge in [0.25, 0.3) is 0 Å². The van der Waals surface area contributed by atoms with Gasteiger partial charge in [0.1, 0.15) is 17.5 Å². The number of anilines is 2. The number of carbonyl (C=O) groups is 1. The summed E-state index contributed by atoms with van der Waals surface area (Å²) in [6.07, 6.45) is 0. The summed E-state index contributed by atoms with van der Waals surface area (Å²) >= 11 is 0. The van der Waals surface area contributed by atoms with Crippen molar-refractivity contribution in [1.82, 2.24) is 14.9 Å². The molecule has 2 heterocycles. The Morgan fingerprint density at radius 1 is 1.17 bits per heavy atom. The standard InChI is InChI=1S/C12H19N5O/c1-8-11(13)14-9(2)15-12(8)17-6-4-16(5-7-17)10(3)18/h4-7H2,1-3H3,(H2,13,14,15). The maximum Gasteiger partial charge on any atom is 0.219 e. The monoisotopic (exact) mass is 249 g/mol. The third-order valence-electron chi connectivity index (χ3n) is 3.29. The van der Waals surface area contributed by atoms with Crippen molar-refractivity contribution in [2.75, 3.05) is 36.8 Å². The lowest BCUT2D eigenvalue weighted by molar-refractivity contribution is -0.129. The Hall–Kier alpha value is -1.85. The van der Waals surface area contributed by atoms with Crippen LogP contribution in [0.1, 0.15) is 18.3 Å². The van der Waals surface area contributed by atoms with Crippen LogP contribution in [0, 0.1) is 13.8 Å². The van der Waals surface area contributed by atoms with Crippen LogP contribution in [0.4, 0.5) is 11.6 Å². The van der Waals surface area contributed by atoms with E-state index in [1.54, 1.807) is 6.92 Å². The van der Waals surface area contributed by atoms with Gasteiger partial charge in [0.15, 0.2) is 0 Å². The van der Waals surface area contributed by atoms with Gasteiger partial charge in [0, 0.05) is 38.7 Å². The molecule has 6 nitrogen and oxygen atoms in total. The molecule has 0 saturated carbocycles. The van der Waals surface area contributed by atoms with E-state index >= 15 is 0 Å². The van der Waals surface area contributed by atoms with Crippen molar-refractivity contribution in [3.63, 3.8) is 0 Å². The molecule has 2 N–H and O–H groups in total. The molecule has 18 heavy (non-hydrogen) atoms. The fourth-order valence-corrected chi connectivity index (χ4v) is 2.18. The van der Waals surface area contributed by atoms with E-state index in [0.29, 0.717) is 11.6 Å². The Morgan fingerprint density at radius 3 is 2.33 bits per heavy atom. The normalized spacial score (nSPS) is 15.9. The third-order valence-corrected chi connectivity index (χ3v) is 3.29. The van der Waals surface area contributed by atoms with Crippen molar-refractivity contribution >= 4 is 17.5 Å². The van der Waals surface area contributed by atoms with Crippen molar-refractivity contribution < 1.29 is 4.79 Å². The van der Waals surface area contributed by atoms with E-state index in [2.05, 4.69) is 14.9 Å². The lowest BCUT2D eigenvalue weighted by Crippen LogP contribution is -2.48. The summed E-state index contributed by atoms with van der Waals surface area (Å²) < 4.78 is 0. The number of hydrogen-bond donors (Lipinski definition) is 1. The second-order valence-electron chi connectivity index (χ2n) is 4.60. The molecule has 1 amide bonds. The fourth-order valence-electron chi connectivity index (χ4n) is 2.18. The molecular formula is C12H19N5O. The van der Waals surface area contributed by atoms with E-state index in [4.69, 9.17) is 5.73 Å². The maximum absolute atomic E-state index is 11.3. The van der Waals surface area contributed by atoms with E-state index in [9.17, 15) is 4.79 Å². The second-order valence-corrected chi connectivity index (χ2v) is 4.60. The molecule has 0 aromatic carbocycles. The molecule has 0 atom stereocenters. The van der Waals surface area contributed by atoms with Gasteiger partial charge in [-0.15, -0.1) is 0 Å². The van der Waals surface area contributed by atoms with E-state index < -0.39 is 0 Å². The van der Waals surface area contributed by atoms with Gasteiger partial charge in [-0.05, 0) is 13.8 Å². The molecule has 1 aliphatic heterocycles. The molecule has 1 aromatic rings. The van der Waals surface area contributed by atoms with Crippen LogP contribution < -0.4 is 10.6 Å². The van der Waals surface area contributed by atoms with Crippen molar-refractivity contribution in [3.8, 4) is 0 Å². The minimum Gasteiger partial charge on any atom is -0.383 e. The Bertz CT molecular complexity index is 466. The number of aryl methyl sites for hydroxylation is 1. The predicted octanol–water partition coefficient (Wildman–Crippen LogP) is 0.344. The van der Waals surface area contributed by atoms with Crippen molar-refractivity contribution in [2.24, 2.45) is 0 Å². The van der Waals surface area contributed by atoms with Crippen LogP contribution in [0.15, 0.2) is 0 Å². The lowest BCUT2D eigenvalue weighted by atomic mass is 10.2. The summed E-state index contributed by atoms with van der Waals surface area (Å²) in [5, 5.41) is 0. The highest BCUT2D eigenvalue weighted by atomic mass is 16.2. The van der Waals surface area contributed by atoms with Gasteiger partial charge in [-0.1, -0.05) is 0 Å². The van der Waals surface area contributed by atoms with Crippen molar-refractivity contribution in [1.29, 1.82) is 0 Å². The van der Waals surface area contributed by atoms with Gasteiger partial charge in [-0.25, -0.2) is 9.97 Å². The van der Waals surface area contributed by atoms with Gasteiger partial charge in [0.05, 0.1) is 0 Å².